The Hall–Kier alpha value is -1.64. The summed E-state index contributed by atoms with van der Waals surface area (Å²) in [5.74, 6) is 0. The Kier molecular flexibility index (Phi) is 3.39. The van der Waals surface area contributed by atoms with Gasteiger partial charge in [-0.05, 0) is 26.0 Å². The van der Waals surface area contributed by atoms with Crippen LogP contribution in [-0.2, 0) is 10.0 Å². The maximum absolute atomic E-state index is 12.5. The molecule has 0 aliphatic carbocycles. The van der Waals surface area contributed by atoms with Crippen molar-refractivity contribution >= 4 is 43.7 Å². The van der Waals surface area contributed by atoms with E-state index in [4.69, 9.17) is 11.6 Å². The van der Waals surface area contributed by atoms with Crippen molar-refractivity contribution in [3.05, 3.63) is 40.1 Å². The SMILES string of the molecule is Cc1nc(NS(=O)(=O)c2c(Cl)nc3ccccn23)sc1C. The number of hydrogen-bond acceptors (Lipinski definition) is 5. The van der Waals surface area contributed by atoms with Gasteiger partial charge in [-0.25, -0.2) is 9.97 Å². The minimum atomic E-state index is -3.86. The van der Waals surface area contributed by atoms with Crippen molar-refractivity contribution < 1.29 is 8.42 Å². The lowest BCUT2D eigenvalue weighted by atomic mass is 10.4. The zero-order chi connectivity index (χ0) is 15.2. The van der Waals surface area contributed by atoms with Crippen LogP contribution in [0.1, 0.15) is 10.6 Å². The Morgan fingerprint density at radius 3 is 2.71 bits per heavy atom. The summed E-state index contributed by atoms with van der Waals surface area (Å²) in [6, 6.07) is 5.15. The number of thiazole rings is 1. The molecule has 9 heteroatoms. The van der Waals surface area contributed by atoms with Gasteiger partial charge in [0, 0.05) is 11.1 Å². The zero-order valence-corrected chi connectivity index (χ0v) is 13.6. The lowest BCUT2D eigenvalue weighted by Crippen LogP contribution is -2.15. The van der Waals surface area contributed by atoms with Crippen molar-refractivity contribution in [3.63, 3.8) is 0 Å². The van der Waals surface area contributed by atoms with E-state index >= 15 is 0 Å². The number of rotatable bonds is 3. The molecule has 0 bridgehead atoms. The molecule has 3 heterocycles. The number of anilines is 1. The number of pyridine rings is 1. The summed E-state index contributed by atoms with van der Waals surface area (Å²) in [6.07, 6.45) is 1.60. The van der Waals surface area contributed by atoms with Crippen LogP contribution in [0.5, 0.6) is 0 Å². The maximum Gasteiger partial charge on any atom is 0.282 e. The summed E-state index contributed by atoms with van der Waals surface area (Å²) in [5.41, 5.74) is 1.26. The minimum Gasteiger partial charge on any atom is -0.288 e. The van der Waals surface area contributed by atoms with Crippen molar-refractivity contribution in [1.29, 1.82) is 0 Å². The van der Waals surface area contributed by atoms with Gasteiger partial charge in [0.05, 0.1) is 5.69 Å². The van der Waals surface area contributed by atoms with Crippen LogP contribution >= 0.6 is 22.9 Å². The minimum absolute atomic E-state index is 0.0706. The Balaban J connectivity index is 2.10. The molecular formula is C12H11ClN4O2S2. The van der Waals surface area contributed by atoms with Crippen LogP contribution in [0, 0.1) is 13.8 Å². The molecule has 3 aromatic rings. The standard InChI is InChI=1S/C12H11ClN4O2S2/c1-7-8(2)20-12(14-7)16-21(18,19)11-10(13)15-9-5-3-4-6-17(9)11/h3-6H,1-2H3,(H,14,16). The molecule has 0 aliphatic heterocycles. The van der Waals surface area contributed by atoms with E-state index in [0.29, 0.717) is 10.8 Å². The Labute approximate surface area is 130 Å². The number of hydrogen-bond donors (Lipinski definition) is 1. The second-order valence-electron chi connectivity index (χ2n) is 4.40. The molecule has 0 spiro atoms. The summed E-state index contributed by atoms with van der Waals surface area (Å²) >= 11 is 7.26. The van der Waals surface area contributed by atoms with Gasteiger partial charge in [-0.3, -0.25) is 9.12 Å². The molecule has 0 amide bonds. The molecule has 0 radical (unpaired) electrons. The summed E-state index contributed by atoms with van der Waals surface area (Å²) < 4.78 is 28.9. The normalized spacial score (nSPS) is 12.0. The van der Waals surface area contributed by atoms with Gasteiger partial charge in [0.1, 0.15) is 5.65 Å². The number of aryl methyl sites for hydroxylation is 2. The number of nitrogens with zero attached hydrogens (tertiary/aromatic N) is 3. The van der Waals surface area contributed by atoms with E-state index in [1.54, 1.807) is 24.4 Å². The fourth-order valence-corrected chi connectivity index (χ4v) is 4.56. The van der Waals surface area contributed by atoms with Gasteiger partial charge in [0.2, 0.25) is 0 Å². The Morgan fingerprint density at radius 2 is 2.05 bits per heavy atom. The van der Waals surface area contributed by atoms with Crippen LogP contribution in [0.15, 0.2) is 29.4 Å². The number of halogens is 1. The highest BCUT2D eigenvalue weighted by atomic mass is 35.5. The molecule has 0 unspecified atom stereocenters. The van der Waals surface area contributed by atoms with Crippen molar-refractivity contribution in [1.82, 2.24) is 14.4 Å². The topological polar surface area (TPSA) is 76.4 Å². The summed E-state index contributed by atoms with van der Waals surface area (Å²) in [7, 11) is -3.86. The van der Waals surface area contributed by atoms with Crippen LogP contribution in [0.2, 0.25) is 5.15 Å². The lowest BCUT2D eigenvalue weighted by Gasteiger charge is -2.05. The number of sulfonamides is 1. The molecule has 0 atom stereocenters. The van der Waals surface area contributed by atoms with Crippen LogP contribution in [-0.4, -0.2) is 22.8 Å². The summed E-state index contributed by atoms with van der Waals surface area (Å²) in [4.78, 5) is 9.16. The van der Waals surface area contributed by atoms with Crippen molar-refractivity contribution in [2.45, 2.75) is 18.9 Å². The van der Waals surface area contributed by atoms with Crippen LogP contribution in [0.25, 0.3) is 5.65 Å². The van der Waals surface area contributed by atoms with Gasteiger partial charge < -0.3 is 0 Å². The maximum atomic E-state index is 12.5. The van der Waals surface area contributed by atoms with Gasteiger partial charge >= 0.3 is 0 Å². The molecule has 0 aliphatic rings. The Bertz CT molecular complexity index is 911. The molecule has 3 rings (SSSR count). The second kappa shape index (κ2) is 4.97. The first-order chi connectivity index (χ1) is 9.88. The first-order valence-corrected chi connectivity index (χ1v) is 8.65. The predicted molar refractivity (Wildman–Crippen MR) is 82.6 cm³/mol. The smallest absolute Gasteiger partial charge is 0.282 e. The largest absolute Gasteiger partial charge is 0.288 e. The van der Waals surface area contributed by atoms with E-state index in [0.717, 1.165) is 10.6 Å². The van der Waals surface area contributed by atoms with Crippen molar-refractivity contribution in [2.24, 2.45) is 0 Å². The third-order valence-corrected chi connectivity index (χ3v) is 5.81. The van der Waals surface area contributed by atoms with E-state index < -0.39 is 10.0 Å². The van der Waals surface area contributed by atoms with Crippen LogP contribution in [0.4, 0.5) is 5.13 Å². The molecule has 1 N–H and O–H groups in total. The van der Waals surface area contributed by atoms with E-state index in [9.17, 15) is 8.42 Å². The second-order valence-corrected chi connectivity index (χ2v) is 7.56. The van der Waals surface area contributed by atoms with E-state index in [2.05, 4.69) is 14.7 Å². The van der Waals surface area contributed by atoms with Crippen molar-refractivity contribution in [3.8, 4) is 0 Å². The quantitative estimate of drug-likeness (QED) is 0.794. The molecule has 0 fully saturated rings. The van der Waals surface area contributed by atoms with Crippen molar-refractivity contribution in [2.75, 3.05) is 4.72 Å². The number of imidazole rings is 1. The molecule has 3 aromatic heterocycles. The van der Waals surface area contributed by atoms with Gasteiger partial charge in [-0.1, -0.05) is 17.7 Å². The summed E-state index contributed by atoms with van der Waals surface area (Å²) in [6.45, 7) is 3.71. The fourth-order valence-electron chi connectivity index (χ4n) is 1.86. The molecule has 0 saturated carbocycles. The number of aromatic nitrogens is 3. The molecule has 6 nitrogen and oxygen atoms in total. The molecular weight excluding hydrogens is 332 g/mol. The van der Waals surface area contributed by atoms with Crippen LogP contribution in [0.3, 0.4) is 0 Å². The van der Waals surface area contributed by atoms with E-state index in [1.807, 2.05) is 13.8 Å². The third-order valence-electron chi connectivity index (χ3n) is 2.95. The first-order valence-electron chi connectivity index (χ1n) is 5.98. The molecule has 21 heavy (non-hydrogen) atoms. The predicted octanol–water partition coefficient (Wildman–Crippen LogP) is 2.86. The number of fused-ring (bicyclic) bond motifs is 1. The highest BCUT2D eigenvalue weighted by Gasteiger charge is 2.25. The monoisotopic (exact) mass is 342 g/mol. The van der Waals surface area contributed by atoms with E-state index in [-0.39, 0.29) is 10.2 Å². The molecule has 110 valence electrons. The average Bonchev–Trinajstić information content (AvgIpc) is 2.88. The van der Waals surface area contributed by atoms with Gasteiger partial charge in [-0.15, -0.1) is 11.3 Å². The molecule has 0 saturated heterocycles. The van der Waals surface area contributed by atoms with Gasteiger partial charge in [-0.2, -0.15) is 8.42 Å². The summed E-state index contributed by atoms with van der Waals surface area (Å²) in [5, 5.41) is 0.149. The third kappa shape index (κ3) is 2.50. The van der Waals surface area contributed by atoms with Crippen LogP contribution < -0.4 is 4.72 Å². The highest BCUT2D eigenvalue weighted by Crippen LogP contribution is 2.27. The fraction of sp³-hybridized carbons (Fsp3) is 0.167. The average molecular weight is 343 g/mol. The van der Waals surface area contributed by atoms with E-state index in [1.165, 1.54) is 15.7 Å². The zero-order valence-electron chi connectivity index (χ0n) is 11.2. The molecule has 0 aromatic carbocycles. The first kappa shape index (κ1) is 14.3. The number of nitrogens with one attached hydrogen (secondary N) is 1. The van der Waals surface area contributed by atoms with Gasteiger partial charge in [0.25, 0.3) is 10.0 Å². The Morgan fingerprint density at radius 1 is 1.29 bits per heavy atom. The lowest BCUT2D eigenvalue weighted by molar-refractivity contribution is 0.596. The van der Waals surface area contributed by atoms with Gasteiger partial charge in [0.15, 0.2) is 15.3 Å². The highest BCUT2D eigenvalue weighted by molar-refractivity contribution is 7.93.